The van der Waals surface area contributed by atoms with E-state index in [4.69, 9.17) is 4.74 Å². The van der Waals surface area contributed by atoms with Gasteiger partial charge in [-0.3, -0.25) is 0 Å². The number of hydrogen-bond acceptors (Lipinski definition) is 1. The van der Waals surface area contributed by atoms with Crippen LogP contribution < -0.4 is 0 Å². The van der Waals surface area contributed by atoms with Gasteiger partial charge in [0, 0.05) is 6.42 Å². The lowest BCUT2D eigenvalue weighted by molar-refractivity contribution is 0.431. The molecule has 1 fully saturated rings. The molecule has 1 atom stereocenters. The summed E-state index contributed by atoms with van der Waals surface area (Å²) in [6.45, 7) is 0. The predicted molar refractivity (Wildman–Crippen MR) is 26.7 cm³/mol. The van der Waals surface area contributed by atoms with E-state index in [1.807, 2.05) is 12.2 Å². The van der Waals surface area contributed by atoms with Gasteiger partial charge in [-0.1, -0.05) is 12.2 Å². The summed E-state index contributed by atoms with van der Waals surface area (Å²) in [4.78, 5) is 0. The number of ether oxygens (including phenoxy) is 1. The lowest BCUT2D eigenvalue weighted by Gasteiger charge is -1.80. The van der Waals surface area contributed by atoms with Crippen LogP contribution in [0, 0.1) is 0 Å². The molecule has 1 heteroatoms. The van der Waals surface area contributed by atoms with Crippen LogP contribution in [0.3, 0.4) is 0 Å². The molecule has 36 valence electrons. The molecule has 1 unspecified atom stereocenters. The maximum Gasteiger partial charge on any atom is 0.159 e. The quantitative estimate of drug-likeness (QED) is 0.411. The van der Waals surface area contributed by atoms with Gasteiger partial charge in [0.25, 0.3) is 0 Å². The van der Waals surface area contributed by atoms with Gasteiger partial charge in [0.2, 0.25) is 0 Å². The van der Waals surface area contributed by atoms with Gasteiger partial charge in [-0.2, -0.15) is 0 Å². The minimum atomic E-state index is 0.477. The molecule has 0 saturated carbocycles. The van der Waals surface area contributed by atoms with Crippen molar-refractivity contribution in [3.05, 3.63) is 24.0 Å². The van der Waals surface area contributed by atoms with Crippen LogP contribution in [0.4, 0.5) is 0 Å². The number of rotatable bonds is 0. The van der Waals surface area contributed by atoms with Crippen LogP contribution in [0.25, 0.3) is 0 Å². The molecule has 1 aliphatic carbocycles. The van der Waals surface area contributed by atoms with E-state index < -0.39 is 0 Å². The number of allylic oxidation sites excluding steroid dienone is 2. The monoisotopic (exact) mass is 94.0 g/mol. The third kappa shape index (κ3) is 0.377. The molecule has 0 aromatic heterocycles. The topological polar surface area (TPSA) is 12.5 Å². The highest BCUT2D eigenvalue weighted by Gasteiger charge is 2.31. The first-order chi connectivity index (χ1) is 3.47. The highest BCUT2D eigenvalue weighted by molar-refractivity contribution is 5.25. The van der Waals surface area contributed by atoms with E-state index in [1.165, 1.54) is 5.76 Å². The Morgan fingerprint density at radius 2 is 2.71 bits per heavy atom. The molecule has 0 amide bonds. The minimum absolute atomic E-state index is 0.477. The number of fused-ring (bicyclic) bond motifs is 1. The van der Waals surface area contributed by atoms with E-state index in [2.05, 4.69) is 6.08 Å². The van der Waals surface area contributed by atoms with Gasteiger partial charge in [0.15, 0.2) is 6.10 Å². The Balaban J connectivity index is 2.31. The number of hydrogen-bond donors (Lipinski definition) is 0. The lowest BCUT2D eigenvalue weighted by atomic mass is 10.2. The van der Waals surface area contributed by atoms with Crippen LogP contribution in [0.15, 0.2) is 24.0 Å². The Hall–Kier alpha value is -0.720. The highest BCUT2D eigenvalue weighted by Crippen LogP contribution is 2.32. The molecule has 0 spiro atoms. The van der Waals surface area contributed by atoms with E-state index >= 15 is 0 Å². The van der Waals surface area contributed by atoms with Crippen LogP contribution in [-0.2, 0) is 4.74 Å². The van der Waals surface area contributed by atoms with Gasteiger partial charge in [-0.25, -0.2) is 0 Å². The van der Waals surface area contributed by atoms with Crippen LogP contribution in [0.2, 0.25) is 0 Å². The summed E-state index contributed by atoms with van der Waals surface area (Å²) in [6, 6.07) is 0. The highest BCUT2D eigenvalue weighted by atomic mass is 16.6. The molecule has 2 rings (SSSR count). The Morgan fingerprint density at radius 1 is 1.71 bits per heavy atom. The third-order valence-corrected chi connectivity index (χ3v) is 1.29. The standard InChI is InChI=1S/C6H6O/c1-2-4-6-5(3-1)7-6/h1-3,6H,4H2. The van der Waals surface area contributed by atoms with Crippen LogP contribution in [0.5, 0.6) is 0 Å². The van der Waals surface area contributed by atoms with E-state index in [0.29, 0.717) is 6.10 Å². The third-order valence-electron chi connectivity index (χ3n) is 1.29. The smallest absolute Gasteiger partial charge is 0.159 e. The summed E-state index contributed by atoms with van der Waals surface area (Å²) in [5, 5.41) is 0. The predicted octanol–water partition coefficient (Wildman–Crippen LogP) is 1.23. The van der Waals surface area contributed by atoms with Gasteiger partial charge in [0.05, 0.1) is 0 Å². The summed E-state index contributed by atoms with van der Waals surface area (Å²) in [6.07, 6.45) is 7.75. The van der Waals surface area contributed by atoms with Crippen molar-refractivity contribution in [2.24, 2.45) is 0 Å². The fourth-order valence-corrected chi connectivity index (χ4v) is 0.806. The summed E-state index contributed by atoms with van der Waals surface area (Å²) in [5.74, 6) is 1.17. The van der Waals surface area contributed by atoms with E-state index in [1.54, 1.807) is 0 Å². The Labute approximate surface area is 42.3 Å². The van der Waals surface area contributed by atoms with E-state index in [9.17, 15) is 0 Å². The summed E-state index contributed by atoms with van der Waals surface area (Å²) >= 11 is 0. The van der Waals surface area contributed by atoms with Gasteiger partial charge in [-0.15, -0.1) is 0 Å². The summed E-state index contributed by atoms with van der Waals surface area (Å²) in [7, 11) is 0. The van der Waals surface area contributed by atoms with Crippen molar-refractivity contribution < 1.29 is 4.74 Å². The zero-order valence-electron chi connectivity index (χ0n) is 3.92. The van der Waals surface area contributed by atoms with Crippen molar-refractivity contribution in [3.8, 4) is 0 Å². The second-order valence-corrected chi connectivity index (χ2v) is 1.84. The molecule has 0 N–H and O–H groups in total. The lowest BCUT2D eigenvalue weighted by Crippen LogP contribution is -1.80. The maximum absolute atomic E-state index is 5.08. The first-order valence-electron chi connectivity index (χ1n) is 2.50. The zero-order valence-corrected chi connectivity index (χ0v) is 3.92. The fraction of sp³-hybridized carbons (Fsp3) is 0.333. The molecule has 0 bridgehead atoms. The van der Waals surface area contributed by atoms with E-state index in [0.717, 1.165) is 6.42 Å². The molecule has 2 aliphatic rings. The average molecular weight is 94.1 g/mol. The van der Waals surface area contributed by atoms with Crippen molar-refractivity contribution >= 4 is 0 Å². The van der Waals surface area contributed by atoms with Crippen LogP contribution in [0.1, 0.15) is 6.42 Å². The molecule has 7 heavy (non-hydrogen) atoms. The van der Waals surface area contributed by atoms with Crippen molar-refractivity contribution in [1.82, 2.24) is 0 Å². The molecular weight excluding hydrogens is 88.1 g/mol. The summed E-state index contributed by atoms with van der Waals surface area (Å²) in [5.41, 5.74) is 0. The Bertz CT molecular complexity index is 144. The molecule has 1 heterocycles. The normalized spacial score (nSPS) is 33.1. The molecule has 0 aromatic rings. The first kappa shape index (κ1) is 3.30. The molecule has 1 saturated heterocycles. The molecule has 0 radical (unpaired) electrons. The zero-order chi connectivity index (χ0) is 4.69. The van der Waals surface area contributed by atoms with Crippen molar-refractivity contribution in [1.29, 1.82) is 0 Å². The van der Waals surface area contributed by atoms with Crippen molar-refractivity contribution in [2.75, 3.05) is 0 Å². The van der Waals surface area contributed by atoms with E-state index in [-0.39, 0.29) is 0 Å². The molecule has 1 aliphatic heterocycles. The van der Waals surface area contributed by atoms with Gasteiger partial charge < -0.3 is 4.74 Å². The van der Waals surface area contributed by atoms with Gasteiger partial charge >= 0.3 is 0 Å². The Morgan fingerprint density at radius 3 is 3.29 bits per heavy atom. The molecule has 0 aromatic carbocycles. The second-order valence-electron chi connectivity index (χ2n) is 1.84. The fourth-order valence-electron chi connectivity index (χ4n) is 0.806. The second kappa shape index (κ2) is 0.915. The molecule has 1 nitrogen and oxygen atoms in total. The van der Waals surface area contributed by atoms with Crippen LogP contribution in [-0.4, -0.2) is 6.10 Å². The minimum Gasteiger partial charge on any atom is -0.483 e. The van der Waals surface area contributed by atoms with Gasteiger partial charge in [-0.05, 0) is 6.08 Å². The Kier molecular flexibility index (Phi) is 0.432. The number of epoxide rings is 1. The SMILES string of the molecule is C1=CCC2OC2=C1. The van der Waals surface area contributed by atoms with Crippen LogP contribution >= 0.6 is 0 Å². The molecular formula is C6H6O. The van der Waals surface area contributed by atoms with Gasteiger partial charge in [0.1, 0.15) is 5.76 Å². The average Bonchev–Trinajstić information content (AvgIpc) is 2.41. The maximum atomic E-state index is 5.08. The van der Waals surface area contributed by atoms with Crippen molar-refractivity contribution in [3.63, 3.8) is 0 Å². The van der Waals surface area contributed by atoms with Crippen molar-refractivity contribution in [2.45, 2.75) is 12.5 Å². The largest absolute Gasteiger partial charge is 0.483 e. The summed E-state index contributed by atoms with van der Waals surface area (Å²) < 4.78 is 5.08. The first-order valence-corrected chi connectivity index (χ1v) is 2.50.